The molecule has 1 aliphatic rings. The summed E-state index contributed by atoms with van der Waals surface area (Å²) in [5.41, 5.74) is 0. The maximum atomic E-state index is 12.4. The van der Waals surface area contributed by atoms with E-state index in [9.17, 15) is 29.7 Å². The average Bonchev–Trinajstić information content (AvgIpc) is 3.31. The van der Waals surface area contributed by atoms with Gasteiger partial charge in [-0.2, -0.15) is 0 Å². The average molecular weight is 651 g/mol. The van der Waals surface area contributed by atoms with Crippen LogP contribution in [0.25, 0.3) is 0 Å². The van der Waals surface area contributed by atoms with Crippen LogP contribution >= 0.6 is 0 Å². The number of hydrogen-bond acceptors (Lipinski definition) is 8. The van der Waals surface area contributed by atoms with Crippen molar-refractivity contribution in [1.29, 1.82) is 0 Å². The van der Waals surface area contributed by atoms with E-state index in [1.807, 2.05) is 12.2 Å². The van der Waals surface area contributed by atoms with E-state index < -0.39 is 36.8 Å². The molecule has 0 radical (unpaired) electrons. The van der Waals surface area contributed by atoms with Gasteiger partial charge < -0.3 is 24.8 Å². The fraction of sp³-hybridized carbons (Fsp3) is 0.816. The number of ether oxygens (including phenoxy) is 2. The minimum atomic E-state index is -0.870. The third-order valence-electron chi connectivity index (χ3n) is 8.87. The van der Waals surface area contributed by atoms with Gasteiger partial charge in [0.25, 0.3) is 0 Å². The fourth-order valence-electron chi connectivity index (χ4n) is 5.95. The second kappa shape index (κ2) is 28.0. The molecule has 46 heavy (non-hydrogen) atoms. The van der Waals surface area contributed by atoms with Crippen molar-refractivity contribution >= 4 is 17.7 Å². The van der Waals surface area contributed by atoms with Crippen LogP contribution in [0.1, 0.15) is 155 Å². The molecule has 0 bridgehead atoms. The molecule has 1 saturated carbocycles. The topological polar surface area (TPSA) is 130 Å². The van der Waals surface area contributed by atoms with Crippen LogP contribution in [0.4, 0.5) is 0 Å². The SMILES string of the molecule is CCCCCCCCCCCCCCC(=O)OC[C@H](CO)OC(=O)CCC/C=C\C[C@H]1[C@@H](O)CC(=O)[C@@H]1/C=C/[C@@H](O)CCCCC. The van der Waals surface area contributed by atoms with Gasteiger partial charge in [0.1, 0.15) is 12.4 Å². The fourth-order valence-corrected chi connectivity index (χ4v) is 5.95. The Bertz CT molecular complexity index is 854. The van der Waals surface area contributed by atoms with Crippen LogP contribution in [0.3, 0.4) is 0 Å². The Balaban J connectivity index is 2.17. The number of carbonyl (C=O) groups excluding carboxylic acids is 3. The quantitative estimate of drug-likeness (QED) is 0.0426. The summed E-state index contributed by atoms with van der Waals surface area (Å²) in [5.74, 6) is -1.41. The molecule has 1 rings (SSSR count). The predicted molar refractivity (Wildman–Crippen MR) is 183 cm³/mol. The van der Waals surface area contributed by atoms with Crippen LogP contribution in [0, 0.1) is 11.8 Å². The summed E-state index contributed by atoms with van der Waals surface area (Å²) in [5, 5.41) is 30.1. The highest BCUT2D eigenvalue weighted by atomic mass is 16.6. The Morgan fingerprint density at radius 1 is 0.826 bits per heavy atom. The van der Waals surface area contributed by atoms with Crippen LogP contribution in [0.2, 0.25) is 0 Å². The van der Waals surface area contributed by atoms with Crippen LogP contribution < -0.4 is 0 Å². The monoisotopic (exact) mass is 650 g/mol. The van der Waals surface area contributed by atoms with E-state index in [1.54, 1.807) is 12.2 Å². The van der Waals surface area contributed by atoms with Gasteiger partial charge in [-0.25, -0.2) is 0 Å². The molecule has 0 aromatic rings. The Morgan fingerprint density at radius 2 is 1.41 bits per heavy atom. The number of ketones is 1. The van der Waals surface area contributed by atoms with E-state index in [0.29, 0.717) is 32.1 Å². The minimum absolute atomic E-state index is 0.000819. The predicted octanol–water partition coefficient (Wildman–Crippen LogP) is 7.71. The van der Waals surface area contributed by atoms with Gasteiger partial charge >= 0.3 is 11.9 Å². The van der Waals surface area contributed by atoms with E-state index in [-0.39, 0.29) is 37.1 Å². The molecule has 8 heteroatoms. The molecular formula is C38H66O8. The van der Waals surface area contributed by atoms with Gasteiger partial charge in [0.05, 0.1) is 18.8 Å². The normalized spacial score (nSPS) is 19.7. The Morgan fingerprint density at radius 3 is 2.04 bits per heavy atom. The lowest BCUT2D eigenvalue weighted by Crippen LogP contribution is -2.28. The zero-order valence-corrected chi connectivity index (χ0v) is 29.0. The first-order valence-corrected chi connectivity index (χ1v) is 18.5. The zero-order valence-electron chi connectivity index (χ0n) is 29.0. The highest BCUT2D eigenvalue weighted by Gasteiger charge is 2.39. The summed E-state index contributed by atoms with van der Waals surface area (Å²) in [6.07, 6.45) is 26.0. The van der Waals surface area contributed by atoms with Crippen molar-refractivity contribution in [3.8, 4) is 0 Å². The first kappa shape index (κ1) is 42.0. The Labute approximate surface area is 279 Å². The van der Waals surface area contributed by atoms with Crippen molar-refractivity contribution in [2.75, 3.05) is 13.2 Å². The summed E-state index contributed by atoms with van der Waals surface area (Å²) in [6.45, 7) is 3.79. The summed E-state index contributed by atoms with van der Waals surface area (Å²) in [7, 11) is 0. The molecule has 5 atom stereocenters. The number of Topliss-reactive ketones (excluding diaryl/α,β-unsaturated/α-hetero) is 1. The number of aliphatic hydroxyl groups excluding tert-OH is 3. The number of allylic oxidation sites excluding steroid dienone is 3. The van der Waals surface area contributed by atoms with E-state index in [2.05, 4.69) is 13.8 Å². The van der Waals surface area contributed by atoms with Crippen molar-refractivity contribution in [2.45, 2.75) is 173 Å². The second-order valence-electron chi connectivity index (χ2n) is 13.1. The maximum Gasteiger partial charge on any atom is 0.306 e. The lowest BCUT2D eigenvalue weighted by Gasteiger charge is -2.17. The molecule has 1 fully saturated rings. The van der Waals surface area contributed by atoms with Crippen LogP contribution in [0.15, 0.2) is 24.3 Å². The molecule has 0 aliphatic heterocycles. The van der Waals surface area contributed by atoms with Crippen molar-refractivity contribution < 1.29 is 39.2 Å². The molecular weight excluding hydrogens is 584 g/mol. The Hall–Kier alpha value is -2.03. The third kappa shape index (κ3) is 21.0. The summed E-state index contributed by atoms with van der Waals surface area (Å²) in [6, 6.07) is 0. The third-order valence-corrected chi connectivity index (χ3v) is 8.87. The number of carbonyl (C=O) groups is 3. The van der Waals surface area contributed by atoms with Gasteiger partial charge in [0.15, 0.2) is 6.10 Å². The number of esters is 2. The molecule has 0 spiro atoms. The first-order chi connectivity index (χ1) is 22.3. The maximum absolute atomic E-state index is 12.4. The molecule has 0 saturated heterocycles. The molecule has 3 N–H and O–H groups in total. The second-order valence-corrected chi connectivity index (χ2v) is 13.1. The zero-order chi connectivity index (χ0) is 33.8. The van der Waals surface area contributed by atoms with Crippen LogP contribution in [-0.4, -0.2) is 64.6 Å². The number of hydrogen-bond donors (Lipinski definition) is 3. The van der Waals surface area contributed by atoms with E-state index in [4.69, 9.17) is 9.47 Å². The smallest absolute Gasteiger partial charge is 0.306 e. The van der Waals surface area contributed by atoms with Crippen molar-refractivity contribution in [3.05, 3.63) is 24.3 Å². The molecule has 266 valence electrons. The largest absolute Gasteiger partial charge is 0.462 e. The molecule has 0 aromatic heterocycles. The molecule has 0 heterocycles. The lowest BCUT2D eigenvalue weighted by molar-refractivity contribution is -0.161. The Kier molecular flexibility index (Phi) is 25.6. The van der Waals surface area contributed by atoms with Crippen molar-refractivity contribution in [2.24, 2.45) is 11.8 Å². The highest BCUT2D eigenvalue weighted by Crippen LogP contribution is 2.33. The molecule has 0 amide bonds. The summed E-state index contributed by atoms with van der Waals surface area (Å²) < 4.78 is 10.5. The number of unbranched alkanes of at least 4 members (excludes halogenated alkanes) is 14. The van der Waals surface area contributed by atoms with E-state index in [1.165, 1.54) is 57.8 Å². The number of aliphatic hydroxyl groups is 3. The van der Waals surface area contributed by atoms with Gasteiger partial charge in [-0.15, -0.1) is 0 Å². The highest BCUT2D eigenvalue weighted by molar-refractivity contribution is 5.86. The van der Waals surface area contributed by atoms with Gasteiger partial charge in [0.2, 0.25) is 0 Å². The van der Waals surface area contributed by atoms with E-state index in [0.717, 1.165) is 38.5 Å². The minimum Gasteiger partial charge on any atom is -0.462 e. The molecule has 1 aliphatic carbocycles. The first-order valence-electron chi connectivity index (χ1n) is 18.5. The van der Waals surface area contributed by atoms with Crippen LogP contribution in [0.5, 0.6) is 0 Å². The van der Waals surface area contributed by atoms with Crippen molar-refractivity contribution in [3.63, 3.8) is 0 Å². The standard InChI is InChI=1S/C38H66O8/c1-3-5-7-8-9-10-11-12-13-14-15-20-24-37(43)45-30-32(29-39)46-38(44)25-21-17-16-19-23-33-34(36(42)28-35(33)41)27-26-31(40)22-18-6-4-2/h16,19,26-27,31-35,39-41H,3-15,17-18,20-25,28-30H2,1-2H3/b19-16-,27-26+/t31-,32-,33+,34+,35-/m0/s1. The molecule has 0 aromatic carbocycles. The summed E-state index contributed by atoms with van der Waals surface area (Å²) in [4.78, 5) is 36.7. The van der Waals surface area contributed by atoms with Gasteiger partial charge in [-0.05, 0) is 32.1 Å². The van der Waals surface area contributed by atoms with Gasteiger partial charge in [-0.3, -0.25) is 14.4 Å². The number of rotatable bonds is 29. The molecule has 8 nitrogen and oxygen atoms in total. The lowest BCUT2D eigenvalue weighted by atomic mass is 9.90. The van der Waals surface area contributed by atoms with Gasteiger partial charge in [-0.1, -0.05) is 128 Å². The van der Waals surface area contributed by atoms with E-state index >= 15 is 0 Å². The molecule has 0 unspecified atom stereocenters. The van der Waals surface area contributed by atoms with Gasteiger partial charge in [0, 0.05) is 31.1 Å². The van der Waals surface area contributed by atoms with Crippen molar-refractivity contribution in [1.82, 2.24) is 0 Å². The van der Waals surface area contributed by atoms with Crippen LogP contribution in [-0.2, 0) is 23.9 Å². The summed E-state index contributed by atoms with van der Waals surface area (Å²) >= 11 is 0.